The molecule has 2 atom stereocenters. The molecule has 0 aliphatic carbocycles. The zero-order valence-electron chi connectivity index (χ0n) is 13.3. The van der Waals surface area contributed by atoms with Gasteiger partial charge in [0.2, 0.25) is 0 Å². The Morgan fingerprint density at radius 2 is 1.81 bits per heavy atom. The van der Waals surface area contributed by atoms with Gasteiger partial charge in [0.15, 0.2) is 0 Å². The van der Waals surface area contributed by atoms with Gasteiger partial charge in [-0.3, -0.25) is 4.79 Å². The number of carbonyl (C=O) groups is 1. The van der Waals surface area contributed by atoms with Crippen LogP contribution in [0.15, 0.2) is 12.1 Å². The minimum absolute atomic E-state index is 0.0860. The fourth-order valence-corrected chi connectivity index (χ4v) is 2.60. The SMILES string of the molecule is COc1cc(C)c(C(O)C(CC(=O)O)NC(C)C)c(C)c1. The van der Waals surface area contributed by atoms with Crippen molar-refractivity contribution in [1.29, 1.82) is 0 Å². The summed E-state index contributed by atoms with van der Waals surface area (Å²) in [5.74, 6) is -0.205. The molecule has 1 aromatic carbocycles. The highest BCUT2D eigenvalue weighted by Crippen LogP contribution is 2.29. The number of carboxylic acid groups (broad SMARTS) is 1. The maximum atomic E-state index is 11.0. The van der Waals surface area contributed by atoms with Crippen molar-refractivity contribution in [3.63, 3.8) is 0 Å². The molecule has 0 amide bonds. The van der Waals surface area contributed by atoms with E-state index in [1.807, 2.05) is 39.8 Å². The Morgan fingerprint density at radius 1 is 1.29 bits per heavy atom. The summed E-state index contributed by atoms with van der Waals surface area (Å²) < 4.78 is 5.21. The number of aryl methyl sites for hydroxylation is 2. The number of aliphatic hydroxyl groups is 1. The monoisotopic (exact) mass is 295 g/mol. The van der Waals surface area contributed by atoms with Crippen molar-refractivity contribution in [3.8, 4) is 5.75 Å². The molecule has 118 valence electrons. The average molecular weight is 295 g/mol. The molecule has 2 unspecified atom stereocenters. The largest absolute Gasteiger partial charge is 0.497 e. The predicted octanol–water partition coefficient (Wildman–Crippen LogP) is 2.19. The molecule has 3 N–H and O–H groups in total. The topological polar surface area (TPSA) is 78.8 Å². The Balaban J connectivity index is 3.13. The Bertz CT molecular complexity index is 476. The molecule has 0 fully saturated rings. The smallest absolute Gasteiger partial charge is 0.305 e. The third-order valence-corrected chi connectivity index (χ3v) is 3.42. The second-order valence-corrected chi connectivity index (χ2v) is 5.65. The van der Waals surface area contributed by atoms with Crippen LogP contribution in [0.4, 0.5) is 0 Å². The number of benzene rings is 1. The van der Waals surface area contributed by atoms with Crippen molar-refractivity contribution in [3.05, 3.63) is 28.8 Å². The van der Waals surface area contributed by atoms with E-state index in [1.165, 1.54) is 0 Å². The van der Waals surface area contributed by atoms with E-state index < -0.39 is 18.1 Å². The van der Waals surface area contributed by atoms with E-state index in [9.17, 15) is 9.90 Å². The lowest BCUT2D eigenvalue weighted by atomic mass is 9.91. The Morgan fingerprint density at radius 3 is 2.19 bits per heavy atom. The first-order valence-electron chi connectivity index (χ1n) is 7.07. The number of nitrogens with one attached hydrogen (secondary N) is 1. The lowest BCUT2D eigenvalue weighted by molar-refractivity contribution is -0.138. The maximum Gasteiger partial charge on any atom is 0.305 e. The van der Waals surface area contributed by atoms with E-state index in [0.29, 0.717) is 0 Å². The molecule has 1 rings (SSSR count). The van der Waals surface area contributed by atoms with E-state index in [4.69, 9.17) is 9.84 Å². The van der Waals surface area contributed by atoms with Gasteiger partial charge >= 0.3 is 5.97 Å². The van der Waals surface area contributed by atoms with Gasteiger partial charge in [0.25, 0.3) is 0 Å². The molecule has 0 aliphatic heterocycles. The van der Waals surface area contributed by atoms with Gasteiger partial charge in [-0.1, -0.05) is 13.8 Å². The molecule has 0 heterocycles. The summed E-state index contributed by atoms with van der Waals surface area (Å²) in [4.78, 5) is 11.0. The Labute approximate surface area is 125 Å². The number of ether oxygens (including phenoxy) is 1. The molecule has 0 saturated heterocycles. The van der Waals surface area contributed by atoms with Crippen LogP contribution < -0.4 is 10.1 Å². The van der Waals surface area contributed by atoms with E-state index in [2.05, 4.69) is 5.32 Å². The minimum Gasteiger partial charge on any atom is -0.497 e. The zero-order chi connectivity index (χ0) is 16.2. The number of rotatable bonds is 7. The Hall–Kier alpha value is -1.59. The van der Waals surface area contributed by atoms with Crippen LogP contribution in [-0.4, -0.2) is 35.4 Å². The summed E-state index contributed by atoms with van der Waals surface area (Å²) in [6, 6.07) is 3.24. The van der Waals surface area contributed by atoms with Crippen molar-refractivity contribution in [2.24, 2.45) is 0 Å². The summed E-state index contributed by atoms with van der Waals surface area (Å²) in [6.07, 6.45) is -1.01. The van der Waals surface area contributed by atoms with E-state index in [0.717, 1.165) is 22.4 Å². The molecule has 0 spiro atoms. The van der Waals surface area contributed by atoms with Crippen LogP contribution in [-0.2, 0) is 4.79 Å². The molecule has 5 heteroatoms. The van der Waals surface area contributed by atoms with Crippen LogP contribution in [0.2, 0.25) is 0 Å². The second-order valence-electron chi connectivity index (χ2n) is 5.65. The highest BCUT2D eigenvalue weighted by Gasteiger charge is 2.26. The van der Waals surface area contributed by atoms with Gasteiger partial charge in [0.05, 0.1) is 19.6 Å². The van der Waals surface area contributed by atoms with Gasteiger partial charge in [-0.05, 0) is 42.7 Å². The van der Waals surface area contributed by atoms with Crippen molar-refractivity contribution in [2.75, 3.05) is 7.11 Å². The molecular weight excluding hydrogens is 270 g/mol. The predicted molar refractivity (Wildman–Crippen MR) is 81.7 cm³/mol. The number of hydrogen-bond donors (Lipinski definition) is 3. The quantitative estimate of drug-likeness (QED) is 0.718. The van der Waals surface area contributed by atoms with Crippen LogP contribution in [0.1, 0.15) is 43.1 Å². The molecule has 0 saturated carbocycles. The van der Waals surface area contributed by atoms with Crippen LogP contribution in [0.25, 0.3) is 0 Å². The van der Waals surface area contributed by atoms with Gasteiger partial charge < -0.3 is 20.3 Å². The summed E-state index contributed by atoms with van der Waals surface area (Å²) in [6.45, 7) is 7.63. The van der Waals surface area contributed by atoms with Crippen molar-refractivity contribution >= 4 is 5.97 Å². The molecule has 0 bridgehead atoms. The number of methoxy groups -OCH3 is 1. The minimum atomic E-state index is -0.934. The van der Waals surface area contributed by atoms with Crippen molar-refractivity contribution in [1.82, 2.24) is 5.32 Å². The number of carboxylic acids is 1. The molecule has 0 aliphatic rings. The Kier molecular flexibility index (Phi) is 6.18. The highest BCUT2D eigenvalue weighted by atomic mass is 16.5. The van der Waals surface area contributed by atoms with E-state index in [-0.39, 0.29) is 12.5 Å². The van der Waals surface area contributed by atoms with E-state index in [1.54, 1.807) is 7.11 Å². The molecule has 0 aromatic heterocycles. The first-order valence-corrected chi connectivity index (χ1v) is 7.07. The first kappa shape index (κ1) is 17.5. The summed E-state index contributed by atoms with van der Waals surface area (Å²) >= 11 is 0. The number of aliphatic hydroxyl groups excluding tert-OH is 1. The maximum absolute atomic E-state index is 11.0. The van der Waals surface area contributed by atoms with Crippen LogP contribution in [0.5, 0.6) is 5.75 Å². The fraction of sp³-hybridized carbons (Fsp3) is 0.562. The number of aliphatic carboxylic acids is 1. The van der Waals surface area contributed by atoms with Crippen LogP contribution >= 0.6 is 0 Å². The number of hydrogen-bond acceptors (Lipinski definition) is 4. The van der Waals surface area contributed by atoms with Crippen LogP contribution in [0.3, 0.4) is 0 Å². The highest BCUT2D eigenvalue weighted by molar-refractivity contribution is 5.67. The molecular formula is C16H25NO4. The normalized spacial score (nSPS) is 14.0. The first-order chi connectivity index (χ1) is 9.76. The third-order valence-electron chi connectivity index (χ3n) is 3.42. The standard InChI is InChI=1S/C16H25NO4/c1-9(2)17-13(8-14(18)19)16(20)15-10(3)6-12(21-5)7-11(15)4/h6-7,9,13,16-17,20H,8H2,1-5H3,(H,18,19). The lowest BCUT2D eigenvalue weighted by Crippen LogP contribution is -2.41. The summed E-state index contributed by atoms with van der Waals surface area (Å²) in [7, 11) is 1.60. The van der Waals surface area contributed by atoms with Gasteiger partial charge in [0.1, 0.15) is 5.75 Å². The van der Waals surface area contributed by atoms with Crippen molar-refractivity contribution in [2.45, 2.75) is 52.3 Å². The second kappa shape index (κ2) is 7.43. The fourth-order valence-electron chi connectivity index (χ4n) is 2.60. The van der Waals surface area contributed by atoms with Crippen molar-refractivity contribution < 1.29 is 19.7 Å². The molecule has 5 nitrogen and oxygen atoms in total. The lowest BCUT2D eigenvalue weighted by Gasteiger charge is -2.27. The molecule has 21 heavy (non-hydrogen) atoms. The van der Waals surface area contributed by atoms with Gasteiger partial charge in [-0.2, -0.15) is 0 Å². The zero-order valence-corrected chi connectivity index (χ0v) is 13.3. The summed E-state index contributed by atoms with van der Waals surface area (Å²) in [5.41, 5.74) is 2.54. The summed E-state index contributed by atoms with van der Waals surface area (Å²) in [5, 5.41) is 22.8. The molecule has 0 radical (unpaired) electrons. The third kappa shape index (κ3) is 4.72. The van der Waals surface area contributed by atoms with Gasteiger partial charge in [-0.15, -0.1) is 0 Å². The van der Waals surface area contributed by atoms with Gasteiger partial charge in [-0.25, -0.2) is 0 Å². The van der Waals surface area contributed by atoms with Gasteiger partial charge in [0, 0.05) is 12.1 Å². The van der Waals surface area contributed by atoms with Crippen LogP contribution in [0, 0.1) is 13.8 Å². The average Bonchev–Trinajstić information content (AvgIpc) is 2.35. The van der Waals surface area contributed by atoms with E-state index >= 15 is 0 Å². The molecule has 1 aromatic rings.